The zero-order chi connectivity index (χ0) is 12.8. The summed E-state index contributed by atoms with van der Waals surface area (Å²) in [6.07, 6.45) is 2.37. The smallest absolute Gasteiger partial charge is 0.232 e. The molecule has 0 bridgehead atoms. The maximum Gasteiger partial charge on any atom is 0.232 e. The van der Waals surface area contributed by atoms with Crippen molar-refractivity contribution in [2.75, 3.05) is 25.9 Å². The Morgan fingerprint density at radius 3 is 3.00 bits per heavy atom. The fraction of sp³-hybridized carbons (Fsp3) is 0.615. The Morgan fingerprint density at radius 2 is 2.33 bits per heavy atom. The van der Waals surface area contributed by atoms with Crippen LogP contribution in [-0.4, -0.2) is 41.9 Å². The number of hydrogen-bond acceptors (Lipinski definition) is 4. The number of thioether (sulfide) groups is 1. The minimum absolute atomic E-state index is 0.240. The average Bonchev–Trinajstić information content (AvgIpc) is 2.90. The maximum absolute atomic E-state index is 12.0. The lowest BCUT2D eigenvalue weighted by Gasteiger charge is -2.23. The third-order valence-corrected chi connectivity index (χ3v) is 5.24. The topological polar surface area (TPSA) is 32.3 Å². The van der Waals surface area contributed by atoms with Gasteiger partial charge in [-0.1, -0.05) is 0 Å². The van der Waals surface area contributed by atoms with Gasteiger partial charge in [-0.05, 0) is 48.3 Å². The van der Waals surface area contributed by atoms with Crippen molar-refractivity contribution < 1.29 is 4.79 Å². The number of nitrogens with one attached hydrogen (secondary N) is 1. The van der Waals surface area contributed by atoms with Crippen LogP contribution in [0.25, 0.3) is 0 Å². The Balaban J connectivity index is 1.70. The van der Waals surface area contributed by atoms with Gasteiger partial charge in [0.25, 0.3) is 0 Å². The van der Waals surface area contributed by atoms with Crippen LogP contribution in [0.3, 0.4) is 0 Å². The summed E-state index contributed by atoms with van der Waals surface area (Å²) in [5, 5.41) is 8.16. The molecular formula is C13H20N2OS2. The van der Waals surface area contributed by atoms with E-state index in [1.165, 1.54) is 18.4 Å². The molecule has 18 heavy (non-hydrogen) atoms. The highest BCUT2D eigenvalue weighted by Gasteiger charge is 2.16. The summed E-state index contributed by atoms with van der Waals surface area (Å²) < 4.78 is 0. The lowest BCUT2D eigenvalue weighted by Crippen LogP contribution is -2.32. The number of hydrogen-bond donors (Lipinski definition) is 1. The standard InChI is InChI=1S/C13H20N2OS2/c1-15(8-11-4-7-17-9-11)13(16)10-18-12-2-5-14-6-3-12/h4,7,9,12,14H,2-3,5-6,8,10H2,1H3. The van der Waals surface area contributed by atoms with Crippen LogP contribution < -0.4 is 5.32 Å². The summed E-state index contributed by atoms with van der Waals surface area (Å²) in [4.78, 5) is 13.8. The zero-order valence-electron chi connectivity index (χ0n) is 10.7. The van der Waals surface area contributed by atoms with E-state index >= 15 is 0 Å². The molecule has 0 saturated carbocycles. The third kappa shape index (κ3) is 4.30. The van der Waals surface area contributed by atoms with E-state index in [-0.39, 0.29) is 5.91 Å². The largest absolute Gasteiger partial charge is 0.341 e. The average molecular weight is 284 g/mol. The van der Waals surface area contributed by atoms with Crippen LogP contribution in [0.15, 0.2) is 16.8 Å². The second kappa shape index (κ2) is 7.16. The predicted molar refractivity (Wildman–Crippen MR) is 79.1 cm³/mol. The van der Waals surface area contributed by atoms with E-state index in [9.17, 15) is 4.79 Å². The van der Waals surface area contributed by atoms with Gasteiger partial charge in [0.15, 0.2) is 0 Å². The minimum atomic E-state index is 0.240. The summed E-state index contributed by atoms with van der Waals surface area (Å²) in [6.45, 7) is 2.92. The fourth-order valence-corrected chi connectivity index (χ4v) is 3.83. The number of carbonyl (C=O) groups is 1. The van der Waals surface area contributed by atoms with Gasteiger partial charge >= 0.3 is 0 Å². The highest BCUT2D eigenvalue weighted by Crippen LogP contribution is 2.20. The SMILES string of the molecule is CN(Cc1ccsc1)C(=O)CSC1CCNCC1. The van der Waals surface area contributed by atoms with Gasteiger partial charge in [-0.25, -0.2) is 0 Å². The molecule has 0 aromatic carbocycles. The van der Waals surface area contributed by atoms with Crippen molar-refractivity contribution in [2.24, 2.45) is 0 Å². The summed E-state index contributed by atoms with van der Waals surface area (Å²) >= 11 is 3.50. The van der Waals surface area contributed by atoms with E-state index in [1.807, 2.05) is 23.7 Å². The van der Waals surface area contributed by atoms with Crippen LogP contribution in [0.1, 0.15) is 18.4 Å². The van der Waals surface area contributed by atoms with E-state index in [0.29, 0.717) is 11.0 Å². The first kappa shape index (κ1) is 13.9. The second-order valence-corrected chi connectivity index (χ2v) is 6.71. The van der Waals surface area contributed by atoms with Gasteiger partial charge in [-0.2, -0.15) is 11.3 Å². The van der Waals surface area contributed by atoms with Crippen LogP contribution in [0.5, 0.6) is 0 Å². The number of nitrogens with zero attached hydrogens (tertiary/aromatic N) is 1. The van der Waals surface area contributed by atoms with Gasteiger partial charge in [0.05, 0.1) is 5.75 Å². The molecular weight excluding hydrogens is 264 g/mol. The Labute approximate surface area is 117 Å². The molecule has 1 N–H and O–H groups in total. The van der Waals surface area contributed by atoms with Gasteiger partial charge in [-0.15, -0.1) is 11.8 Å². The van der Waals surface area contributed by atoms with Crippen molar-refractivity contribution in [1.82, 2.24) is 10.2 Å². The number of carbonyl (C=O) groups excluding carboxylic acids is 1. The number of thiophene rings is 1. The Bertz CT molecular complexity index is 361. The van der Waals surface area contributed by atoms with E-state index in [1.54, 1.807) is 11.3 Å². The first-order valence-corrected chi connectivity index (χ1v) is 8.32. The highest BCUT2D eigenvalue weighted by atomic mass is 32.2. The van der Waals surface area contributed by atoms with Crippen LogP contribution in [-0.2, 0) is 11.3 Å². The molecule has 1 aromatic heterocycles. The molecule has 1 amide bonds. The molecule has 0 aliphatic carbocycles. The van der Waals surface area contributed by atoms with Crippen molar-refractivity contribution in [3.63, 3.8) is 0 Å². The van der Waals surface area contributed by atoms with Crippen molar-refractivity contribution in [3.05, 3.63) is 22.4 Å². The van der Waals surface area contributed by atoms with Gasteiger partial charge in [0.1, 0.15) is 0 Å². The lowest BCUT2D eigenvalue weighted by molar-refractivity contribution is -0.127. The molecule has 1 aliphatic rings. The summed E-state index contributed by atoms with van der Waals surface area (Å²) in [5.41, 5.74) is 1.22. The van der Waals surface area contributed by atoms with Gasteiger partial charge in [0, 0.05) is 18.8 Å². The highest BCUT2D eigenvalue weighted by molar-refractivity contribution is 8.00. The molecule has 3 nitrogen and oxygen atoms in total. The summed E-state index contributed by atoms with van der Waals surface area (Å²) in [7, 11) is 1.89. The second-order valence-electron chi connectivity index (χ2n) is 4.64. The van der Waals surface area contributed by atoms with Crippen LogP contribution in [0.4, 0.5) is 0 Å². The number of rotatable bonds is 5. The third-order valence-electron chi connectivity index (χ3n) is 3.15. The van der Waals surface area contributed by atoms with E-state index in [2.05, 4.69) is 22.1 Å². The maximum atomic E-state index is 12.0. The molecule has 2 heterocycles. The van der Waals surface area contributed by atoms with Crippen LogP contribution in [0.2, 0.25) is 0 Å². The monoisotopic (exact) mass is 284 g/mol. The van der Waals surface area contributed by atoms with E-state index in [0.717, 1.165) is 19.6 Å². The van der Waals surface area contributed by atoms with Crippen LogP contribution >= 0.6 is 23.1 Å². The minimum Gasteiger partial charge on any atom is -0.341 e. The summed E-state index contributed by atoms with van der Waals surface area (Å²) in [5.74, 6) is 0.857. The van der Waals surface area contributed by atoms with Crippen molar-refractivity contribution in [1.29, 1.82) is 0 Å². The number of piperidine rings is 1. The first-order chi connectivity index (χ1) is 8.75. The molecule has 1 saturated heterocycles. The Morgan fingerprint density at radius 1 is 1.56 bits per heavy atom. The van der Waals surface area contributed by atoms with E-state index < -0.39 is 0 Å². The van der Waals surface area contributed by atoms with Gasteiger partial charge in [-0.3, -0.25) is 4.79 Å². The van der Waals surface area contributed by atoms with Crippen molar-refractivity contribution in [2.45, 2.75) is 24.6 Å². The molecule has 2 rings (SSSR count). The van der Waals surface area contributed by atoms with E-state index in [4.69, 9.17) is 0 Å². The van der Waals surface area contributed by atoms with Gasteiger partial charge in [0.2, 0.25) is 5.91 Å². The molecule has 0 radical (unpaired) electrons. The predicted octanol–water partition coefficient (Wildman–Crippen LogP) is 2.19. The normalized spacial score (nSPS) is 16.7. The zero-order valence-corrected chi connectivity index (χ0v) is 12.4. The Hall–Kier alpha value is -0.520. The van der Waals surface area contributed by atoms with Crippen molar-refractivity contribution >= 4 is 29.0 Å². The molecule has 5 heteroatoms. The molecule has 0 atom stereocenters. The Kier molecular flexibility index (Phi) is 5.53. The molecule has 1 aliphatic heterocycles. The lowest BCUT2D eigenvalue weighted by atomic mass is 10.2. The first-order valence-electron chi connectivity index (χ1n) is 6.33. The van der Waals surface area contributed by atoms with Crippen LogP contribution in [0, 0.1) is 0 Å². The molecule has 1 fully saturated rings. The molecule has 100 valence electrons. The molecule has 0 unspecified atom stereocenters. The summed E-state index contributed by atoms with van der Waals surface area (Å²) in [6, 6.07) is 2.08. The molecule has 1 aromatic rings. The van der Waals surface area contributed by atoms with Crippen molar-refractivity contribution in [3.8, 4) is 0 Å². The fourth-order valence-electron chi connectivity index (χ4n) is 2.01. The number of amides is 1. The van der Waals surface area contributed by atoms with Gasteiger partial charge < -0.3 is 10.2 Å². The quantitative estimate of drug-likeness (QED) is 0.899. The molecule has 0 spiro atoms.